The normalized spacial score (nSPS) is 16.4. The zero-order valence-electron chi connectivity index (χ0n) is 14.3. The Morgan fingerprint density at radius 2 is 2.15 bits per heavy atom. The van der Waals surface area contributed by atoms with Gasteiger partial charge < -0.3 is 15.0 Å². The number of H-pyrrole nitrogens is 1. The first kappa shape index (κ1) is 17.8. The first-order valence-corrected chi connectivity index (χ1v) is 8.32. The molecular weight excluding hydrogens is 338 g/mol. The zero-order valence-corrected chi connectivity index (χ0v) is 14.3. The molecule has 0 spiro atoms. The molecule has 0 bridgehead atoms. The molecule has 0 saturated carbocycles. The van der Waals surface area contributed by atoms with E-state index in [1.165, 1.54) is 13.0 Å². The van der Waals surface area contributed by atoms with Crippen molar-refractivity contribution in [1.29, 1.82) is 0 Å². The summed E-state index contributed by atoms with van der Waals surface area (Å²) in [6, 6.07) is 6.40. The molecule has 136 valence electrons. The van der Waals surface area contributed by atoms with Gasteiger partial charge >= 0.3 is 5.69 Å². The number of ether oxygens (including phenoxy) is 1. The van der Waals surface area contributed by atoms with Gasteiger partial charge in [-0.1, -0.05) is 12.1 Å². The van der Waals surface area contributed by atoms with Crippen LogP contribution in [0, 0.1) is 0 Å². The Labute approximate surface area is 148 Å². The summed E-state index contributed by atoms with van der Waals surface area (Å²) in [7, 11) is 0. The molecule has 1 aromatic heterocycles. The van der Waals surface area contributed by atoms with Gasteiger partial charge in [-0.05, 0) is 31.9 Å². The van der Waals surface area contributed by atoms with Crippen molar-refractivity contribution in [3.8, 4) is 0 Å². The molecule has 3 rings (SSSR count). The Hall–Kier alpha value is -3.00. The highest BCUT2D eigenvalue weighted by Gasteiger charge is 2.21. The van der Waals surface area contributed by atoms with E-state index in [4.69, 9.17) is 4.74 Å². The van der Waals surface area contributed by atoms with Crippen molar-refractivity contribution in [1.82, 2.24) is 9.55 Å². The molecule has 2 N–H and O–H groups in total. The standard InChI is InChI=1S/C18H19N3O5/c1-11(22)12-4-2-5-13(8-12)20-16(23)15-9-19-18(25)21(17(15)24)10-14-6-3-7-26-14/h2,4-5,8-9,14H,3,6-7,10H2,1H3,(H,19,25)(H,20,23). The molecule has 8 nitrogen and oxygen atoms in total. The molecule has 1 aliphatic heterocycles. The highest BCUT2D eigenvalue weighted by Crippen LogP contribution is 2.13. The fourth-order valence-corrected chi connectivity index (χ4v) is 2.85. The summed E-state index contributed by atoms with van der Waals surface area (Å²) >= 11 is 0. The van der Waals surface area contributed by atoms with Gasteiger partial charge in [-0.3, -0.25) is 19.0 Å². The van der Waals surface area contributed by atoms with E-state index >= 15 is 0 Å². The minimum Gasteiger partial charge on any atom is -0.376 e. The molecule has 1 saturated heterocycles. The summed E-state index contributed by atoms with van der Waals surface area (Å²) in [6.07, 6.45) is 2.53. The van der Waals surface area contributed by atoms with Crippen LogP contribution in [0.5, 0.6) is 0 Å². The number of nitrogens with zero attached hydrogens (tertiary/aromatic N) is 1. The van der Waals surface area contributed by atoms with Crippen molar-refractivity contribution < 1.29 is 14.3 Å². The largest absolute Gasteiger partial charge is 0.376 e. The number of aromatic nitrogens is 2. The monoisotopic (exact) mass is 357 g/mol. The molecule has 1 aliphatic rings. The quantitative estimate of drug-likeness (QED) is 0.781. The van der Waals surface area contributed by atoms with Crippen LogP contribution in [0.2, 0.25) is 0 Å². The summed E-state index contributed by atoms with van der Waals surface area (Å²) in [6.45, 7) is 2.13. The first-order chi connectivity index (χ1) is 12.5. The zero-order chi connectivity index (χ0) is 18.7. The minimum atomic E-state index is -0.676. The van der Waals surface area contributed by atoms with Crippen LogP contribution in [0.1, 0.15) is 40.5 Å². The maximum Gasteiger partial charge on any atom is 0.328 e. The van der Waals surface area contributed by atoms with Crippen LogP contribution in [-0.2, 0) is 11.3 Å². The van der Waals surface area contributed by atoms with E-state index in [1.54, 1.807) is 18.2 Å². The molecule has 2 aromatic rings. The third kappa shape index (κ3) is 3.80. The fourth-order valence-electron chi connectivity index (χ4n) is 2.85. The van der Waals surface area contributed by atoms with E-state index in [0.29, 0.717) is 17.9 Å². The maximum atomic E-state index is 12.6. The first-order valence-electron chi connectivity index (χ1n) is 8.32. The summed E-state index contributed by atoms with van der Waals surface area (Å²) in [5.74, 6) is -0.794. The Balaban J connectivity index is 1.85. The summed E-state index contributed by atoms with van der Waals surface area (Å²) in [5, 5.41) is 2.58. The van der Waals surface area contributed by atoms with Crippen LogP contribution in [0.4, 0.5) is 5.69 Å². The number of amides is 1. The number of ketones is 1. The Bertz CT molecular complexity index is 954. The number of aromatic amines is 1. The Morgan fingerprint density at radius 1 is 1.35 bits per heavy atom. The van der Waals surface area contributed by atoms with Gasteiger partial charge in [0.1, 0.15) is 5.56 Å². The molecule has 0 radical (unpaired) electrons. The second-order valence-electron chi connectivity index (χ2n) is 6.15. The number of Topliss-reactive ketones (excluding diaryl/α,β-unsaturated/α-hetero) is 1. The molecule has 26 heavy (non-hydrogen) atoms. The molecule has 1 atom stereocenters. The average molecular weight is 357 g/mol. The van der Waals surface area contributed by atoms with Gasteiger partial charge in [0.05, 0.1) is 12.6 Å². The topological polar surface area (TPSA) is 110 Å². The maximum absolute atomic E-state index is 12.6. The molecule has 2 heterocycles. The molecule has 1 aromatic carbocycles. The number of hydrogen-bond acceptors (Lipinski definition) is 5. The fraction of sp³-hybridized carbons (Fsp3) is 0.333. The Kier molecular flexibility index (Phi) is 5.13. The van der Waals surface area contributed by atoms with E-state index < -0.39 is 17.2 Å². The van der Waals surface area contributed by atoms with Crippen LogP contribution >= 0.6 is 0 Å². The smallest absolute Gasteiger partial charge is 0.328 e. The van der Waals surface area contributed by atoms with Crippen LogP contribution in [0.25, 0.3) is 0 Å². The number of nitrogens with one attached hydrogen (secondary N) is 2. The second-order valence-corrected chi connectivity index (χ2v) is 6.15. The van der Waals surface area contributed by atoms with Gasteiger partial charge in [0.25, 0.3) is 11.5 Å². The van der Waals surface area contributed by atoms with Crippen molar-refractivity contribution in [2.45, 2.75) is 32.4 Å². The lowest BCUT2D eigenvalue weighted by atomic mass is 10.1. The number of hydrogen-bond donors (Lipinski definition) is 2. The predicted octanol–water partition coefficient (Wildman–Crippen LogP) is 1.17. The molecule has 1 fully saturated rings. The van der Waals surface area contributed by atoms with Gasteiger partial charge in [-0.25, -0.2) is 4.79 Å². The van der Waals surface area contributed by atoms with Gasteiger partial charge in [0, 0.05) is 24.1 Å². The third-order valence-electron chi connectivity index (χ3n) is 4.24. The third-order valence-corrected chi connectivity index (χ3v) is 4.24. The van der Waals surface area contributed by atoms with Gasteiger partial charge in [-0.2, -0.15) is 0 Å². The molecule has 1 amide bonds. The van der Waals surface area contributed by atoms with E-state index in [2.05, 4.69) is 10.3 Å². The van der Waals surface area contributed by atoms with Crippen LogP contribution in [0.15, 0.2) is 40.1 Å². The van der Waals surface area contributed by atoms with Crippen molar-refractivity contribution in [3.05, 3.63) is 62.4 Å². The summed E-state index contributed by atoms with van der Waals surface area (Å²) < 4.78 is 6.44. The molecular formula is C18H19N3O5. The van der Waals surface area contributed by atoms with Crippen LogP contribution < -0.4 is 16.6 Å². The van der Waals surface area contributed by atoms with Crippen LogP contribution in [0.3, 0.4) is 0 Å². The van der Waals surface area contributed by atoms with Gasteiger partial charge in [0.15, 0.2) is 5.78 Å². The highest BCUT2D eigenvalue weighted by atomic mass is 16.5. The van der Waals surface area contributed by atoms with Crippen molar-refractivity contribution in [3.63, 3.8) is 0 Å². The average Bonchev–Trinajstić information content (AvgIpc) is 3.12. The van der Waals surface area contributed by atoms with E-state index in [9.17, 15) is 19.2 Å². The highest BCUT2D eigenvalue weighted by molar-refractivity contribution is 6.04. The summed E-state index contributed by atoms with van der Waals surface area (Å²) in [4.78, 5) is 50.8. The van der Waals surface area contributed by atoms with Gasteiger partial charge in [-0.15, -0.1) is 0 Å². The minimum absolute atomic E-state index is 0.106. The number of carbonyl (C=O) groups is 2. The van der Waals surface area contributed by atoms with E-state index in [-0.39, 0.29) is 24.0 Å². The SMILES string of the molecule is CC(=O)c1cccc(NC(=O)c2c[nH]c(=O)n(CC3CCCO3)c2=O)c1. The van der Waals surface area contributed by atoms with E-state index in [0.717, 1.165) is 23.6 Å². The number of anilines is 1. The molecule has 0 aliphatic carbocycles. The summed E-state index contributed by atoms with van der Waals surface area (Å²) in [5.41, 5.74) is -0.611. The Morgan fingerprint density at radius 3 is 2.85 bits per heavy atom. The number of benzene rings is 1. The lowest BCUT2D eigenvalue weighted by Crippen LogP contribution is -2.41. The second kappa shape index (κ2) is 7.49. The van der Waals surface area contributed by atoms with Gasteiger partial charge in [0.2, 0.25) is 0 Å². The molecule has 1 unspecified atom stereocenters. The lowest BCUT2D eigenvalue weighted by Gasteiger charge is -2.12. The number of carbonyl (C=O) groups excluding carboxylic acids is 2. The van der Waals surface area contributed by atoms with Crippen molar-refractivity contribution in [2.24, 2.45) is 0 Å². The van der Waals surface area contributed by atoms with Crippen LogP contribution in [-0.4, -0.2) is 34.0 Å². The van der Waals surface area contributed by atoms with Crippen molar-refractivity contribution >= 4 is 17.4 Å². The van der Waals surface area contributed by atoms with E-state index in [1.807, 2.05) is 0 Å². The molecule has 8 heteroatoms. The lowest BCUT2D eigenvalue weighted by molar-refractivity contribution is 0.0941. The number of rotatable bonds is 5. The predicted molar refractivity (Wildman–Crippen MR) is 94.7 cm³/mol. The van der Waals surface area contributed by atoms with Crippen molar-refractivity contribution in [2.75, 3.05) is 11.9 Å².